The zero-order valence-corrected chi connectivity index (χ0v) is 39.6. The highest BCUT2D eigenvalue weighted by Gasteiger charge is 2.33. The molecule has 382 valence electrons. The van der Waals surface area contributed by atoms with E-state index in [0.717, 1.165) is 0 Å². The minimum Gasteiger partial charge on any atom is -0.508 e. The van der Waals surface area contributed by atoms with Crippen LogP contribution < -0.4 is 72.0 Å². The summed E-state index contributed by atoms with van der Waals surface area (Å²) in [7, 11) is 0. The van der Waals surface area contributed by atoms with E-state index in [1.165, 1.54) is 36.4 Å². The fourth-order valence-electron chi connectivity index (χ4n) is 6.79. The molecule has 0 saturated heterocycles. The molecule has 2 aromatic carbocycles. The van der Waals surface area contributed by atoms with Crippen molar-refractivity contribution in [2.24, 2.45) is 56.0 Å². The summed E-state index contributed by atoms with van der Waals surface area (Å²) in [6, 6.07) is 3.07. The van der Waals surface area contributed by atoms with Gasteiger partial charge >= 0.3 is 0 Å². The summed E-state index contributed by atoms with van der Waals surface area (Å²) in [5.41, 5.74) is 40.4. The third-order valence-corrected chi connectivity index (χ3v) is 10.7. The molecule has 7 atom stereocenters. The van der Waals surface area contributed by atoms with Crippen molar-refractivity contribution >= 4 is 53.3 Å². The summed E-state index contributed by atoms with van der Waals surface area (Å²) in [5, 5.41) is 35.6. The first-order chi connectivity index (χ1) is 32.6. The maximum atomic E-state index is 14.2. The molecule has 0 heterocycles. The Hall–Kier alpha value is -7.21. The van der Waals surface area contributed by atoms with Gasteiger partial charge in [0.05, 0.1) is 6.04 Å². The number of benzene rings is 2. The van der Waals surface area contributed by atoms with Crippen LogP contribution in [0, 0.1) is 5.92 Å². The first kappa shape index (κ1) is 57.9. The number of nitrogens with zero attached hydrogens (tertiary/aromatic N) is 2. The quantitative estimate of drug-likeness (QED) is 0.0202. The maximum Gasteiger partial charge on any atom is 0.244 e. The summed E-state index contributed by atoms with van der Waals surface area (Å²) in [6.45, 7) is 5.54. The maximum absolute atomic E-state index is 14.2. The van der Waals surface area contributed by atoms with E-state index in [4.69, 9.17) is 40.1 Å². The second-order valence-electron chi connectivity index (χ2n) is 17.0. The molecule has 0 fully saturated rings. The Morgan fingerprint density at radius 2 is 0.884 bits per heavy atom. The van der Waals surface area contributed by atoms with Crippen LogP contribution in [-0.2, 0) is 46.4 Å². The molecule has 0 aliphatic carbocycles. The van der Waals surface area contributed by atoms with Gasteiger partial charge in [-0.1, -0.05) is 51.5 Å². The number of carbonyl (C=O) groups is 7. The predicted octanol–water partition coefficient (Wildman–Crippen LogP) is -3.09. The molecule has 0 aromatic heterocycles. The van der Waals surface area contributed by atoms with Crippen LogP contribution in [0.15, 0.2) is 58.5 Å². The number of amides is 7. The van der Waals surface area contributed by atoms with Crippen molar-refractivity contribution in [3.05, 3.63) is 59.7 Å². The summed E-state index contributed by atoms with van der Waals surface area (Å²) >= 11 is 0. The lowest BCUT2D eigenvalue weighted by atomic mass is 10.0. The van der Waals surface area contributed by atoms with Gasteiger partial charge in [0.2, 0.25) is 41.4 Å². The predicted molar refractivity (Wildman–Crippen MR) is 260 cm³/mol. The molecule has 7 amide bonds. The number of aliphatic imine (C=N–C) groups is 2. The fraction of sp³-hybridized carbons (Fsp3) is 0.533. The van der Waals surface area contributed by atoms with Gasteiger partial charge in [-0.3, -0.25) is 43.5 Å². The minimum atomic E-state index is -1.37. The number of carbonyl (C=O) groups excluding carboxylic acids is 7. The van der Waals surface area contributed by atoms with E-state index in [0.29, 0.717) is 30.4 Å². The van der Waals surface area contributed by atoms with Crippen LogP contribution in [0.25, 0.3) is 0 Å². The smallest absolute Gasteiger partial charge is 0.244 e. The van der Waals surface area contributed by atoms with Crippen LogP contribution in [0.5, 0.6) is 11.5 Å². The van der Waals surface area contributed by atoms with E-state index in [1.54, 1.807) is 19.1 Å². The molecule has 0 radical (unpaired) electrons. The lowest BCUT2D eigenvalue weighted by molar-refractivity contribution is -0.135. The Morgan fingerprint density at radius 1 is 0.507 bits per heavy atom. The van der Waals surface area contributed by atoms with Crippen LogP contribution in [0.4, 0.5) is 0 Å². The highest BCUT2D eigenvalue weighted by Crippen LogP contribution is 2.15. The Labute approximate surface area is 402 Å². The Morgan fingerprint density at radius 3 is 1.30 bits per heavy atom. The minimum absolute atomic E-state index is 0.0307. The third-order valence-electron chi connectivity index (χ3n) is 10.7. The third kappa shape index (κ3) is 22.4. The fourth-order valence-corrected chi connectivity index (χ4v) is 6.79. The number of hydrogen-bond donors (Lipinski definition) is 15. The van der Waals surface area contributed by atoms with Gasteiger partial charge in [-0.2, -0.15) is 0 Å². The molecular formula is C45H73N15O9. The molecule has 0 aliphatic rings. The van der Waals surface area contributed by atoms with Crippen molar-refractivity contribution in [1.29, 1.82) is 0 Å². The molecule has 2 rings (SSSR count). The van der Waals surface area contributed by atoms with Gasteiger partial charge in [0.25, 0.3) is 0 Å². The number of phenols is 2. The van der Waals surface area contributed by atoms with Gasteiger partial charge in [0.1, 0.15) is 47.8 Å². The average Bonchev–Trinajstić information content (AvgIpc) is 3.29. The van der Waals surface area contributed by atoms with Crippen molar-refractivity contribution in [2.45, 2.75) is 127 Å². The highest BCUT2D eigenvalue weighted by atomic mass is 16.3. The van der Waals surface area contributed by atoms with Gasteiger partial charge in [-0.15, -0.1) is 0 Å². The molecule has 2 aromatic rings. The number of rotatable bonds is 31. The molecule has 24 nitrogen and oxygen atoms in total. The van der Waals surface area contributed by atoms with Gasteiger partial charge in [-0.05, 0) is 86.3 Å². The summed E-state index contributed by atoms with van der Waals surface area (Å²) in [4.78, 5) is 103. The van der Waals surface area contributed by atoms with E-state index < -0.39 is 83.6 Å². The summed E-state index contributed by atoms with van der Waals surface area (Å²) in [5.74, 6) is -5.62. The molecule has 0 aliphatic heterocycles. The molecule has 69 heavy (non-hydrogen) atoms. The van der Waals surface area contributed by atoms with E-state index >= 15 is 0 Å². The Balaban J connectivity index is 2.43. The number of primary amides is 1. The second-order valence-corrected chi connectivity index (χ2v) is 17.0. The number of guanidine groups is 2. The topological polar surface area (TPSA) is 439 Å². The van der Waals surface area contributed by atoms with Gasteiger partial charge < -0.3 is 82.2 Å². The van der Waals surface area contributed by atoms with E-state index in [1.807, 2.05) is 13.8 Å². The van der Waals surface area contributed by atoms with Crippen molar-refractivity contribution in [3.8, 4) is 11.5 Å². The zero-order valence-electron chi connectivity index (χ0n) is 39.6. The molecule has 0 spiro atoms. The summed E-state index contributed by atoms with van der Waals surface area (Å²) in [6.07, 6.45) is 1.72. The monoisotopic (exact) mass is 968 g/mol. The average molecular weight is 968 g/mol. The van der Waals surface area contributed by atoms with Crippen molar-refractivity contribution in [1.82, 2.24) is 31.9 Å². The molecule has 24 heteroatoms. The van der Waals surface area contributed by atoms with Crippen LogP contribution in [0.3, 0.4) is 0 Å². The number of phenolic OH excluding ortho intramolecular Hbond substituents is 2. The van der Waals surface area contributed by atoms with E-state index in [-0.39, 0.29) is 93.9 Å². The molecule has 22 N–H and O–H groups in total. The normalized spacial score (nSPS) is 14.0. The molecule has 0 saturated carbocycles. The lowest BCUT2D eigenvalue weighted by Gasteiger charge is -2.27. The van der Waals surface area contributed by atoms with Crippen molar-refractivity contribution in [3.63, 3.8) is 0 Å². The molecule has 0 bridgehead atoms. The van der Waals surface area contributed by atoms with Gasteiger partial charge in [0, 0.05) is 32.5 Å². The van der Waals surface area contributed by atoms with Crippen LogP contribution in [-0.4, -0.2) is 125 Å². The zero-order chi connectivity index (χ0) is 51.6. The van der Waals surface area contributed by atoms with E-state index in [9.17, 15) is 43.8 Å². The second kappa shape index (κ2) is 30.2. The number of aromatic hydroxyl groups is 2. The van der Waals surface area contributed by atoms with Crippen LogP contribution in [0.1, 0.15) is 83.3 Å². The first-order valence-corrected chi connectivity index (χ1v) is 22.9. The van der Waals surface area contributed by atoms with Crippen molar-refractivity contribution in [2.75, 3.05) is 19.6 Å². The Kier molecular flexibility index (Phi) is 25.4. The largest absolute Gasteiger partial charge is 0.508 e. The summed E-state index contributed by atoms with van der Waals surface area (Å²) < 4.78 is 0. The highest BCUT2D eigenvalue weighted by molar-refractivity contribution is 5.97. The number of nitrogens with two attached hydrogens (primary N) is 7. The van der Waals surface area contributed by atoms with E-state index in [2.05, 4.69) is 41.9 Å². The van der Waals surface area contributed by atoms with Crippen LogP contribution in [0.2, 0.25) is 0 Å². The number of hydrogen-bond acceptors (Lipinski definition) is 13. The molecular weight excluding hydrogens is 895 g/mol. The Bertz CT molecular complexity index is 2040. The lowest BCUT2D eigenvalue weighted by Crippen LogP contribution is -2.61. The van der Waals surface area contributed by atoms with Crippen LogP contribution >= 0.6 is 0 Å². The SMILES string of the molecule is CCC[C@H](NC(=O)[C@H](CCCN=C(N)N)NC(=O)[C@@H](Cc1ccc(O)cc1)NC(=O)[C@@H](N)CCCN=C(N)N)C(=O)N[C@@H](Cc1ccc(O)cc1)C(=O)N[C@@H](CN)C(=O)N[C@@H](CCC(C)C)C(N)=O. The van der Waals surface area contributed by atoms with Gasteiger partial charge in [0.15, 0.2) is 11.9 Å². The first-order valence-electron chi connectivity index (χ1n) is 22.9. The van der Waals surface area contributed by atoms with Crippen molar-refractivity contribution < 1.29 is 43.8 Å². The van der Waals surface area contributed by atoms with Gasteiger partial charge in [-0.25, -0.2) is 0 Å². The molecule has 0 unspecified atom stereocenters. The standard InChI is InChI=1S/C45H73N15O9/c1-4-7-32(39(65)59-35(23-27-13-17-29(62)18-14-27)42(68)60-36(24-46)43(69)55-31(37(48)63)19-10-25(2)3)56-40(66)33(9-6-21-54-45(51)52)57-41(67)34(22-26-11-15-28(61)16-12-26)58-38(64)30(47)8-5-20-53-44(49)50/h11-18,25,30-36,61-62H,4-10,19-24,46-47H2,1-3H3,(H2,48,63)(H,55,69)(H,56,66)(H,57,67)(H,58,64)(H,59,65)(H,60,68)(H4,49,50,53)(H4,51,52,54)/t30-,31-,32-,33-,34+,35-,36-/m0/s1. The number of nitrogens with one attached hydrogen (secondary N) is 6.